The van der Waals surface area contributed by atoms with Crippen molar-refractivity contribution in [2.24, 2.45) is 0 Å². The van der Waals surface area contributed by atoms with Crippen molar-refractivity contribution in [3.63, 3.8) is 0 Å². The second-order valence-corrected chi connectivity index (χ2v) is 10.0. The molecule has 0 atom stereocenters. The Balaban J connectivity index is 1.51. The highest BCUT2D eigenvalue weighted by molar-refractivity contribution is 6.04. The molecule has 3 aromatic heterocycles. The summed E-state index contributed by atoms with van der Waals surface area (Å²) in [6, 6.07) is 13.0. The standard InChI is InChI=1S/C29H27FN8O4/c1-16(2)36-14-22(27(40)37(29(36)42)20-7-5-6-18(30)12-20)26(39)34-19-10-8-17(9-11-19)21-13-23(28(41)35(3)4)38-24(21)25(31)32-15-33-38/h5-16H,1-4H3,(H,34,39)(H2,31,32,33). The fraction of sp³-hybridized carbons (Fsp3) is 0.172. The van der Waals surface area contributed by atoms with E-state index in [0.717, 1.165) is 10.6 Å². The van der Waals surface area contributed by atoms with Crippen molar-refractivity contribution < 1.29 is 14.0 Å². The van der Waals surface area contributed by atoms with Crippen LogP contribution in [0.5, 0.6) is 0 Å². The zero-order valence-corrected chi connectivity index (χ0v) is 23.2. The molecule has 0 spiro atoms. The second kappa shape index (κ2) is 10.8. The van der Waals surface area contributed by atoms with Crippen molar-refractivity contribution in [2.75, 3.05) is 25.1 Å². The van der Waals surface area contributed by atoms with Crippen molar-refractivity contribution in [1.82, 2.24) is 28.6 Å². The van der Waals surface area contributed by atoms with Crippen molar-refractivity contribution in [3.05, 3.63) is 105 Å². The normalized spacial score (nSPS) is 11.2. The molecule has 0 fully saturated rings. The van der Waals surface area contributed by atoms with Crippen molar-refractivity contribution in [3.8, 4) is 16.8 Å². The highest BCUT2D eigenvalue weighted by atomic mass is 19.1. The van der Waals surface area contributed by atoms with E-state index in [1.165, 1.54) is 44.7 Å². The summed E-state index contributed by atoms with van der Waals surface area (Å²) in [5.41, 5.74) is 6.65. The maximum Gasteiger partial charge on any atom is 0.335 e. The fourth-order valence-corrected chi connectivity index (χ4v) is 4.54. The number of fused-ring (bicyclic) bond motifs is 1. The maximum absolute atomic E-state index is 13.9. The van der Waals surface area contributed by atoms with E-state index in [1.54, 1.807) is 58.3 Å². The zero-order chi connectivity index (χ0) is 30.3. The van der Waals surface area contributed by atoms with E-state index in [1.807, 2.05) is 0 Å². The van der Waals surface area contributed by atoms with Crippen LogP contribution in [0.1, 0.15) is 40.7 Å². The van der Waals surface area contributed by atoms with Crippen LogP contribution in [0.3, 0.4) is 0 Å². The molecule has 42 heavy (non-hydrogen) atoms. The van der Waals surface area contributed by atoms with E-state index < -0.39 is 23.0 Å². The third-order valence-electron chi connectivity index (χ3n) is 6.64. The summed E-state index contributed by atoms with van der Waals surface area (Å²) in [7, 11) is 3.26. The van der Waals surface area contributed by atoms with Crippen LogP contribution >= 0.6 is 0 Å². The SMILES string of the molecule is CC(C)n1cc(C(=O)Nc2ccc(-c3cc(C(=O)N(C)C)n4ncnc(N)c34)cc2)c(=O)n(-c2cccc(F)c2)c1=O. The van der Waals surface area contributed by atoms with Gasteiger partial charge < -0.3 is 16.0 Å². The molecule has 13 heteroatoms. The second-order valence-electron chi connectivity index (χ2n) is 10.0. The Bertz CT molecular complexity index is 1970. The van der Waals surface area contributed by atoms with Gasteiger partial charge in [-0.3, -0.25) is 19.0 Å². The van der Waals surface area contributed by atoms with E-state index in [-0.39, 0.29) is 29.0 Å². The first kappa shape index (κ1) is 28.0. The number of rotatable bonds is 6. The van der Waals surface area contributed by atoms with Crippen molar-refractivity contribution >= 4 is 28.8 Å². The molecular weight excluding hydrogens is 543 g/mol. The van der Waals surface area contributed by atoms with E-state index in [9.17, 15) is 23.6 Å². The minimum atomic E-state index is -0.884. The van der Waals surface area contributed by atoms with Gasteiger partial charge in [-0.1, -0.05) is 18.2 Å². The predicted octanol–water partition coefficient (Wildman–Crippen LogP) is 2.97. The molecule has 0 unspecified atom stereocenters. The molecule has 12 nitrogen and oxygen atoms in total. The molecule has 2 aromatic carbocycles. The zero-order valence-electron chi connectivity index (χ0n) is 23.2. The maximum atomic E-state index is 13.9. The quantitative estimate of drug-likeness (QED) is 0.319. The van der Waals surface area contributed by atoms with E-state index in [4.69, 9.17) is 5.73 Å². The topological polar surface area (TPSA) is 150 Å². The van der Waals surface area contributed by atoms with Crippen LogP contribution < -0.4 is 22.3 Å². The average molecular weight is 571 g/mol. The highest BCUT2D eigenvalue weighted by Crippen LogP contribution is 2.31. The molecule has 0 bridgehead atoms. The molecule has 2 amide bonds. The van der Waals surface area contributed by atoms with Crippen LogP contribution in [-0.4, -0.2) is 54.5 Å². The van der Waals surface area contributed by atoms with Gasteiger partial charge >= 0.3 is 5.69 Å². The van der Waals surface area contributed by atoms with E-state index >= 15 is 0 Å². The number of carbonyl (C=O) groups is 2. The van der Waals surface area contributed by atoms with Crippen LogP contribution in [0.25, 0.3) is 22.3 Å². The first-order valence-corrected chi connectivity index (χ1v) is 12.9. The van der Waals surface area contributed by atoms with Crippen molar-refractivity contribution in [2.45, 2.75) is 19.9 Å². The van der Waals surface area contributed by atoms with Gasteiger partial charge in [0, 0.05) is 37.6 Å². The molecule has 0 saturated carbocycles. The highest BCUT2D eigenvalue weighted by Gasteiger charge is 2.22. The van der Waals surface area contributed by atoms with Gasteiger partial charge in [-0.25, -0.2) is 23.3 Å². The third kappa shape index (κ3) is 4.91. The fourth-order valence-electron chi connectivity index (χ4n) is 4.54. The number of halogens is 1. The Hall–Kier alpha value is -5.59. The van der Waals surface area contributed by atoms with Gasteiger partial charge in [-0.2, -0.15) is 5.10 Å². The number of hydrogen-bond acceptors (Lipinski definition) is 7. The summed E-state index contributed by atoms with van der Waals surface area (Å²) in [4.78, 5) is 57.9. The van der Waals surface area contributed by atoms with Gasteiger partial charge in [0.1, 0.15) is 28.9 Å². The Morgan fingerprint density at radius 3 is 2.40 bits per heavy atom. The van der Waals surface area contributed by atoms with Crippen LogP contribution in [0.4, 0.5) is 15.9 Å². The summed E-state index contributed by atoms with van der Waals surface area (Å²) < 4.78 is 17.4. The van der Waals surface area contributed by atoms with Crippen LogP contribution in [0.2, 0.25) is 0 Å². The summed E-state index contributed by atoms with van der Waals surface area (Å²) in [6.45, 7) is 3.45. The van der Waals surface area contributed by atoms with Gasteiger partial charge in [0.2, 0.25) is 0 Å². The molecule has 0 aliphatic carbocycles. The third-order valence-corrected chi connectivity index (χ3v) is 6.64. The first-order valence-electron chi connectivity index (χ1n) is 12.9. The monoisotopic (exact) mass is 570 g/mol. The lowest BCUT2D eigenvalue weighted by atomic mass is 10.1. The number of nitrogens with two attached hydrogens (primary N) is 1. The van der Waals surface area contributed by atoms with E-state index in [2.05, 4.69) is 15.4 Å². The smallest absolute Gasteiger partial charge is 0.335 e. The molecule has 3 heterocycles. The number of aromatic nitrogens is 5. The molecule has 0 aliphatic heterocycles. The largest absolute Gasteiger partial charge is 0.382 e. The lowest BCUT2D eigenvalue weighted by Crippen LogP contribution is -2.42. The Labute approximate surface area is 238 Å². The van der Waals surface area contributed by atoms with Gasteiger partial charge in [-0.15, -0.1) is 0 Å². The molecule has 0 radical (unpaired) electrons. The minimum absolute atomic E-state index is 0.00793. The average Bonchev–Trinajstić information content (AvgIpc) is 3.34. The number of benzene rings is 2. The van der Waals surface area contributed by atoms with Gasteiger partial charge in [-0.05, 0) is 55.8 Å². The summed E-state index contributed by atoms with van der Waals surface area (Å²) in [6.07, 6.45) is 2.47. The Morgan fingerprint density at radius 1 is 1.05 bits per heavy atom. The number of anilines is 2. The molecule has 3 N–H and O–H groups in total. The number of nitrogen functional groups attached to an aromatic ring is 1. The number of amides is 2. The number of carbonyl (C=O) groups excluding carboxylic acids is 2. The summed E-state index contributed by atoms with van der Waals surface area (Å²) in [5.74, 6) is -1.47. The summed E-state index contributed by atoms with van der Waals surface area (Å²) in [5, 5.41) is 6.88. The molecule has 0 saturated heterocycles. The molecule has 214 valence electrons. The van der Waals surface area contributed by atoms with E-state index in [0.29, 0.717) is 28.0 Å². The first-order chi connectivity index (χ1) is 20.0. The van der Waals surface area contributed by atoms with Gasteiger partial charge in [0.25, 0.3) is 17.4 Å². The summed E-state index contributed by atoms with van der Waals surface area (Å²) >= 11 is 0. The lowest BCUT2D eigenvalue weighted by molar-refractivity contribution is 0.0819. The number of nitrogens with one attached hydrogen (secondary N) is 1. The Kier molecular flexibility index (Phi) is 7.17. The van der Waals surface area contributed by atoms with Crippen molar-refractivity contribution in [1.29, 1.82) is 0 Å². The molecule has 5 aromatic rings. The van der Waals surface area contributed by atoms with Crippen LogP contribution in [-0.2, 0) is 0 Å². The number of nitrogens with zero attached hydrogens (tertiary/aromatic N) is 6. The van der Waals surface area contributed by atoms with Gasteiger partial charge in [0.05, 0.1) is 5.69 Å². The predicted molar refractivity (Wildman–Crippen MR) is 155 cm³/mol. The van der Waals surface area contributed by atoms with Crippen LogP contribution in [0.15, 0.2) is 76.7 Å². The Morgan fingerprint density at radius 2 is 1.76 bits per heavy atom. The number of hydrogen-bond donors (Lipinski definition) is 2. The lowest BCUT2D eigenvalue weighted by Gasteiger charge is -2.15. The van der Waals surface area contributed by atoms with Crippen LogP contribution in [0, 0.1) is 5.82 Å². The minimum Gasteiger partial charge on any atom is -0.382 e. The molecule has 5 rings (SSSR count). The molecular formula is C29H27FN8O4. The molecule has 0 aliphatic rings. The van der Waals surface area contributed by atoms with Gasteiger partial charge in [0.15, 0.2) is 5.82 Å².